The molecular weight excluding hydrogens is 268 g/mol. The molecule has 0 spiro atoms. The Kier molecular flexibility index (Phi) is 4.21. The van der Waals surface area contributed by atoms with E-state index in [0.717, 1.165) is 5.56 Å². The predicted octanol–water partition coefficient (Wildman–Crippen LogP) is 2.34. The van der Waals surface area contributed by atoms with E-state index in [0.29, 0.717) is 19.5 Å². The Labute approximate surface area is 125 Å². The molecule has 1 atom stereocenters. The van der Waals surface area contributed by atoms with E-state index < -0.39 is 11.4 Å². The molecule has 21 heavy (non-hydrogen) atoms. The minimum Gasteiger partial charge on any atom is -0.481 e. The van der Waals surface area contributed by atoms with Crippen LogP contribution < -0.4 is 0 Å². The van der Waals surface area contributed by atoms with Gasteiger partial charge in [-0.15, -0.1) is 0 Å². The summed E-state index contributed by atoms with van der Waals surface area (Å²) >= 11 is 0. The Hall–Kier alpha value is -2.04. The lowest BCUT2D eigenvalue weighted by molar-refractivity contribution is -0.147. The van der Waals surface area contributed by atoms with E-state index in [9.17, 15) is 14.7 Å². The number of likely N-dealkylation sites (tertiary alicyclic amines) is 1. The molecule has 1 unspecified atom stereocenters. The Bertz CT molecular complexity index is 541. The number of carbonyl (C=O) groups is 2. The van der Waals surface area contributed by atoms with Crippen LogP contribution in [-0.4, -0.2) is 47.0 Å². The zero-order valence-electron chi connectivity index (χ0n) is 12.8. The number of hydrogen-bond acceptors (Lipinski definition) is 2. The summed E-state index contributed by atoms with van der Waals surface area (Å²) < 4.78 is 0. The monoisotopic (exact) mass is 290 g/mol. The molecular formula is C16H22N2O3. The topological polar surface area (TPSA) is 60.9 Å². The number of carboxylic acids is 1. The van der Waals surface area contributed by atoms with Gasteiger partial charge in [0.2, 0.25) is 0 Å². The van der Waals surface area contributed by atoms with Gasteiger partial charge in [-0.25, -0.2) is 4.79 Å². The van der Waals surface area contributed by atoms with Crippen molar-refractivity contribution < 1.29 is 14.7 Å². The number of aliphatic carboxylic acids is 1. The van der Waals surface area contributed by atoms with Gasteiger partial charge in [0.15, 0.2) is 0 Å². The van der Waals surface area contributed by atoms with E-state index in [2.05, 4.69) is 0 Å². The third kappa shape index (κ3) is 3.35. The number of hydrogen-bond donors (Lipinski definition) is 1. The zero-order valence-corrected chi connectivity index (χ0v) is 12.8. The number of nitrogens with zero attached hydrogens (tertiary/aromatic N) is 2. The van der Waals surface area contributed by atoms with E-state index in [-0.39, 0.29) is 12.6 Å². The molecule has 5 heteroatoms. The second-order valence-corrected chi connectivity index (χ2v) is 6.16. The van der Waals surface area contributed by atoms with Gasteiger partial charge in [0, 0.05) is 26.7 Å². The van der Waals surface area contributed by atoms with Gasteiger partial charge in [-0.2, -0.15) is 0 Å². The van der Waals surface area contributed by atoms with Crippen LogP contribution in [0.2, 0.25) is 0 Å². The van der Waals surface area contributed by atoms with Gasteiger partial charge in [-0.1, -0.05) is 29.8 Å². The van der Waals surface area contributed by atoms with E-state index in [4.69, 9.17) is 0 Å². The lowest BCUT2D eigenvalue weighted by Crippen LogP contribution is -2.41. The van der Waals surface area contributed by atoms with Crippen molar-refractivity contribution in [3.63, 3.8) is 0 Å². The number of benzene rings is 1. The number of aryl methyl sites for hydroxylation is 1. The molecule has 1 aromatic carbocycles. The highest BCUT2D eigenvalue weighted by molar-refractivity contribution is 5.79. The van der Waals surface area contributed by atoms with Gasteiger partial charge in [0.1, 0.15) is 0 Å². The molecule has 1 N–H and O–H groups in total. The van der Waals surface area contributed by atoms with Crippen LogP contribution in [0, 0.1) is 12.3 Å². The summed E-state index contributed by atoms with van der Waals surface area (Å²) in [4.78, 5) is 26.9. The molecule has 2 rings (SSSR count). The largest absolute Gasteiger partial charge is 0.481 e. The van der Waals surface area contributed by atoms with E-state index in [1.165, 1.54) is 5.56 Å². The van der Waals surface area contributed by atoms with Gasteiger partial charge in [0.05, 0.1) is 5.41 Å². The van der Waals surface area contributed by atoms with E-state index in [1.54, 1.807) is 23.8 Å². The lowest BCUT2D eigenvalue weighted by Gasteiger charge is -2.26. The number of rotatable bonds is 3. The molecule has 1 fully saturated rings. The first-order valence-corrected chi connectivity index (χ1v) is 7.11. The first kappa shape index (κ1) is 15.4. The summed E-state index contributed by atoms with van der Waals surface area (Å²) in [6.07, 6.45) is 0.506. The Morgan fingerprint density at radius 2 is 1.95 bits per heavy atom. The number of amides is 2. The second-order valence-electron chi connectivity index (χ2n) is 6.16. The molecule has 0 aromatic heterocycles. The smallest absolute Gasteiger partial charge is 0.320 e. The van der Waals surface area contributed by atoms with E-state index >= 15 is 0 Å². The molecule has 0 radical (unpaired) electrons. The van der Waals surface area contributed by atoms with Gasteiger partial charge < -0.3 is 14.9 Å². The second kappa shape index (κ2) is 5.76. The molecule has 114 valence electrons. The molecule has 2 amide bonds. The minimum absolute atomic E-state index is 0.111. The zero-order chi connectivity index (χ0) is 15.6. The predicted molar refractivity (Wildman–Crippen MR) is 80.0 cm³/mol. The van der Waals surface area contributed by atoms with Crippen LogP contribution in [0.1, 0.15) is 24.5 Å². The van der Waals surface area contributed by atoms with Crippen molar-refractivity contribution >= 4 is 12.0 Å². The maximum atomic E-state index is 12.4. The minimum atomic E-state index is -0.834. The quantitative estimate of drug-likeness (QED) is 0.929. The number of carboxylic acid groups (broad SMARTS) is 1. The summed E-state index contributed by atoms with van der Waals surface area (Å²) in [6, 6.07) is 7.94. The van der Waals surface area contributed by atoms with Crippen molar-refractivity contribution in [1.82, 2.24) is 9.80 Å². The molecule has 0 bridgehead atoms. The molecule has 0 aliphatic carbocycles. The molecule has 1 heterocycles. The molecule has 1 aliphatic rings. The van der Waals surface area contributed by atoms with Gasteiger partial charge in [0.25, 0.3) is 0 Å². The van der Waals surface area contributed by atoms with Crippen LogP contribution in [0.3, 0.4) is 0 Å². The van der Waals surface area contributed by atoms with E-state index in [1.807, 2.05) is 31.2 Å². The molecule has 1 aromatic rings. The van der Waals surface area contributed by atoms with Crippen LogP contribution in [0.4, 0.5) is 4.79 Å². The fourth-order valence-corrected chi connectivity index (χ4v) is 2.58. The summed E-state index contributed by atoms with van der Waals surface area (Å²) in [5.41, 5.74) is 1.43. The molecule has 1 saturated heterocycles. The Morgan fingerprint density at radius 1 is 1.33 bits per heavy atom. The average molecular weight is 290 g/mol. The Morgan fingerprint density at radius 3 is 2.48 bits per heavy atom. The van der Waals surface area contributed by atoms with Gasteiger partial charge in [-0.05, 0) is 25.8 Å². The summed E-state index contributed by atoms with van der Waals surface area (Å²) in [6.45, 7) is 5.02. The van der Waals surface area contributed by atoms with Crippen LogP contribution in [0.25, 0.3) is 0 Å². The van der Waals surface area contributed by atoms with Crippen molar-refractivity contribution in [2.45, 2.75) is 26.8 Å². The lowest BCUT2D eigenvalue weighted by atomic mass is 9.90. The fraction of sp³-hybridized carbons (Fsp3) is 0.500. The maximum absolute atomic E-state index is 12.4. The third-order valence-electron chi connectivity index (χ3n) is 4.13. The maximum Gasteiger partial charge on any atom is 0.320 e. The van der Waals surface area contributed by atoms with Crippen molar-refractivity contribution in [3.8, 4) is 0 Å². The molecule has 5 nitrogen and oxygen atoms in total. The third-order valence-corrected chi connectivity index (χ3v) is 4.13. The van der Waals surface area contributed by atoms with Crippen molar-refractivity contribution in [1.29, 1.82) is 0 Å². The number of carbonyl (C=O) groups excluding carboxylic acids is 1. The summed E-state index contributed by atoms with van der Waals surface area (Å²) in [7, 11) is 1.75. The standard InChI is InChI=1S/C16H22N2O3/c1-12-4-6-13(7-5-12)10-17(3)15(21)18-9-8-16(2,11-18)14(19)20/h4-7H,8-11H2,1-3H3,(H,19,20). The van der Waals surface area contributed by atoms with Crippen molar-refractivity contribution in [3.05, 3.63) is 35.4 Å². The van der Waals surface area contributed by atoms with Crippen LogP contribution >= 0.6 is 0 Å². The summed E-state index contributed by atoms with van der Waals surface area (Å²) in [5.74, 6) is -0.834. The fourth-order valence-electron chi connectivity index (χ4n) is 2.58. The van der Waals surface area contributed by atoms with Crippen LogP contribution in [0.15, 0.2) is 24.3 Å². The van der Waals surface area contributed by atoms with Crippen LogP contribution in [0.5, 0.6) is 0 Å². The Balaban J connectivity index is 1.97. The van der Waals surface area contributed by atoms with Gasteiger partial charge >= 0.3 is 12.0 Å². The first-order valence-electron chi connectivity index (χ1n) is 7.11. The highest BCUT2D eigenvalue weighted by Crippen LogP contribution is 2.30. The number of urea groups is 1. The SMILES string of the molecule is Cc1ccc(CN(C)C(=O)N2CCC(C)(C(=O)O)C2)cc1. The summed E-state index contributed by atoms with van der Waals surface area (Å²) in [5, 5.41) is 9.22. The average Bonchev–Trinajstić information content (AvgIpc) is 2.84. The normalized spacial score (nSPS) is 21.4. The molecule has 0 saturated carbocycles. The first-order chi connectivity index (χ1) is 9.82. The highest BCUT2D eigenvalue weighted by Gasteiger charge is 2.42. The van der Waals surface area contributed by atoms with Crippen LogP contribution in [-0.2, 0) is 11.3 Å². The van der Waals surface area contributed by atoms with Crippen molar-refractivity contribution in [2.24, 2.45) is 5.41 Å². The molecule has 1 aliphatic heterocycles. The van der Waals surface area contributed by atoms with Crippen molar-refractivity contribution in [2.75, 3.05) is 20.1 Å². The van der Waals surface area contributed by atoms with Gasteiger partial charge in [-0.3, -0.25) is 4.79 Å². The highest BCUT2D eigenvalue weighted by atomic mass is 16.4.